The molecule has 1 N–H and O–H groups in total. The molecule has 1 amide bonds. The molecule has 148 valence electrons. The van der Waals surface area contributed by atoms with Crippen LogP contribution in [0.25, 0.3) is 11.4 Å². The molecule has 0 aliphatic heterocycles. The first-order valence-corrected chi connectivity index (χ1v) is 10.8. The van der Waals surface area contributed by atoms with Crippen LogP contribution in [0.2, 0.25) is 5.02 Å². The van der Waals surface area contributed by atoms with Crippen molar-refractivity contribution in [3.63, 3.8) is 0 Å². The van der Waals surface area contributed by atoms with Crippen LogP contribution in [0.5, 0.6) is 0 Å². The van der Waals surface area contributed by atoms with E-state index in [0.29, 0.717) is 16.7 Å². The Bertz CT molecular complexity index is 885. The van der Waals surface area contributed by atoms with E-state index >= 15 is 0 Å². The van der Waals surface area contributed by atoms with Crippen molar-refractivity contribution in [1.82, 2.24) is 20.1 Å². The van der Waals surface area contributed by atoms with Crippen molar-refractivity contribution in [3.05, 3.63) is 29.3 Å². The summed E-state index contributed by atoms with van der Waals surface area (Å²) >= 11 is 7.46. The molecular weight excluding hydrogens is 394 g/mol. The molecule has 1 aromatic heterocycles. The Balaban J connectivity index is 1.74. The molecular formula is C20H24ClN5OS. The van der Waals surface area contributed by atoms with Gasteiger partial charge in [0.15, 0.2) is 11.0 Å². The molecule has 0 radical (unpaired) electrons. The topological polar surface area (TPSA) is 83.6 Å². The summed E-state index contributed by atoms with van der Waals surface area (Å²) in [6, 6.07) is 9.81. The van der Waals surface area contributed by atoms with Crippen LogP contribution >= 0.6 is 23.4 Å². The average Bonchev–Trinajstić information content (AvgIpc) is 3.11. The molecule has 2 aromatic rings. The second-order valence-electron chi connectivity index (χ2n) is 7.06. The summed E-state index contributed by atoms with van der Waals surface area (Å²) < 4.78 is 1.97. The van der Waals surface area contributed by atoms with Crippen LogP contribution in [0.15, 0.2) is 29.4 Å². The second kappa shape index (κ2) is 8.97. The quantitative estimate of drug-likeness (QED) is 0.702. The maximum absolute atomic E-state index is 12.7. The molecule has 6 nitrogen and oxygen atoms in total. The van der Waals surface area contributed by atoms with Crippen molar-refractivity contribution in [2.75, 3.05) is 0 Å². The van der Waals surface area contributed by atoms with Crippen molar-refractivity contribution in [2.45, 2.75) is 68.4 Å². The zero-order valence-electron chi connectivity index (χ0n) is 16.1. The Hall–Kier alpha value is -2.04. The van der Waals surface area contributed by atoms with Crippen LogP contribution < -0.4 is 5.32 Å². The van der Waals surface area contributed by atoms with Crippen LogP contribution in [0.4, 0.5) is 0 Å². The van der Waals surface area contributed by atoms with Gasteiger partial charge in [-0.05, 0) is 38.8 Å². The Labute approximate surface area is 174 Å². The number of benzene rings is 1. The van der Waals surface area contributed by atoms with Gasteiger partial charge in [-0.1, -0.05) is 54.8 Å². The molecule has 1 aliphatic carbocycles. The molecule has 1 aromatic carbocycles. The number of nitrogens with one attached hydrogen (secondary N) is 1. The van der Waals surface area contributed by atoms with Gasteiger partial charge in [0, 0.05) is 17.1 Å². The van der Waals surface area contributed by atoms with Crippen molar-refractivity contribution in [3.8, 4) is 17.5 Å². The molecule has 1 unspecified atom stereocenters. The van der Waals surface area contributed by atoms with E-state index in [4.69, 9.17) is 11.6 Å². The molecule has 1 fully saturated rings. The van der Waals surface area contributed by atoms with Crippen molar-refractivity contribution in [1.29, 1.82) is 5.26 Å². The highest BCUT2D eigenvalue weighted by Crippen LogP contribution is 2.30. The largest absolute Gasteiger partial charge is 0.337 e. The van der Waals surface area contributed by atoms with E-state index in [1.54, 1.807) is 0 Å². The smallest absolute Gasteiger partial charge is 0.234 e. The van der Waals surface area contributed by atoms with Crippen LogP contribution in [-0.2, 0) is 11.3 Å². The normalized spacial score (nSPS) is 16.9. The molecule has 3 rings (SSSR count). The number of amides is 1. The van der Waals surface area contributed by atoms with E-state index in [0.717, 1.165) is 43.5 Å². The number of nitriles is 1. The fraction of sp³-hybridized carbons (Fsp3) is 0.500. The molecule has 8 heteroatoms. The summed E-state index contributed by atoms with van der Waals surface area (Å²) in [5.41, 5.74) is 0.158. The van der Waals surface area contributed by atoms with Crippen molar-refractivity contribution in [2.24, 2.45) is 0 Å². The molecule has 0 saturated heterocycles. The van der Waals surface area contributed by atoms with E-state index in [1.807, 2.05) is 42.7 Å². The third-order valence-electron chi connectivity index (χ3n) is 5.05. The van der Waals surface area contributed by atoms with Crippen LogP contribution in [0, 0.1) is 11.3 Å². The minimum Gasteiger partial charge on any atom is -0.337 e. The van der Waals surface area contributed by atoms with Crippen LogP contribution in [0.1, 0.15) is 46.0 Å². The summed E-state index contributed by atoms with van der Waals surface area (Å²) in [4.78, 5) is 12.7. The maximum atomic E-state index is 12.7. The second-order valence-corrected chi connectivity index (χ2v) is 8.81. The zero-order valence-corrected chi connectivity index (χ0v) is 17.7. The Morgan fingerprint density at radius 2 is 2.14 bits per heavy atom. The van der Waals surface area contributed by atoms with E-state index in [1.165, 1.54) is 11.8 Å². The Morgan fingerprint density at radius 1 is 1.39 bits per heavy atom. The molecule has 0 spiro atoms. The van der Waals surface area contributed by atoms with Gasteiger partial charge in [0.05, 0.1) is 11.3 Å². The standard InChI is InChI=1S/C20H24ClN5OS/c1-3-26-17(15-8-7-9-16(21)12-15)24-25-19(26)28-14(2)18(27)23-20(13-22)10-5-4-6-11-20/h7-9,12,14H,3-6,10-11H2,1-2H3,(H,23,27). The first-order valence-electron chi connectivity index (χ1n) is 9.57. The van der Waals surface area contributed by atoms with Gasteiger partial charge in [0.2, 0.25) is 5.91 Å². The summed E-state index contributed by atoms with van der Waals surface area (Å²) in [6.45, 7) is 4.52. The monoisotopic (exact) mass is 417 g/mol. The number of carbonyl (C=O) groups is 1. The fourth-order valence-corrected chi connectivity index (χ4v) is 4.57. The van der Waals surface area contributed by atoms with Gasteiger partial charge in [0.25, 0.3) is 0 Å². The molecule has 0 bridgehead atoms. The number of rotatable bonds is 6. The minimum atomic E-state index is -0.728. The highest BCUT2D eigenvalue weighted by Gasteiger charge is 2.35. The lowest BCUT2D eigenvalue weighted by atomic mass is 9.83. The van der Waals surface area contributed by atoms with Gasteiger partial charge in [-0.3, -0.25) is 4.79 Å². The van der Waals surface area contributed by atoms with Gasteiger partial charge >= 0.3 is 0 Å². The number of thioether (sulfide) groups is 1. The van der Waals surface area contributed by atoms with Gasteiger partial charge in [-0.25, -0.2) is 0 Å². The van der Waals surface area contributed by atoms with E-state index in [-0.39, 0.29) is 11.2 Å². The highest BCUT2D eigenvalue weighted by molar-refractivity contribution is 8.00. The predicted molar refractivity (Wildman–Crippen MR) is 111 cm³/mol. The van der Waals surface area contributed by atoms with Gasteiger partial charge in [0.1, 0.15) is 5.54 Å². The molecule has 1 saturated carbocycles. The number of aromatic nitrogens is 3. The summed E-state index contributed by atoms with van der Waals surface area (Å²) in [7, 11) is 0. The third-order valence-corrected chi connectivity index (χ3v) is 6.37. The first-order chi connectivity index (χ1) is 13.5. The van der Waals surface area contributed by atoms with Crippen LogP contribution in [-0.4, -0.2) is 31.5 Å². The maximum Gasteiger partial charge on any atom is 0.234 e. The average molecular weight is 418 g/mol. The lowest BCUT2D eigenvalue weighted by Gasteiger charge is -2.32. The summed E-state index contributed by atoms with van der Waals surface area (Å²) in [5, 5.41) is 22.1. The number of hydrogen-bond donors (Lipinski definition) is 1. The Kier molecular flexibility index (Phi) is 6.63. The summed E-state index contributed by atoms with van der Waals surface area (Å²) in [5.74, 6) is 0.587. The molecule has 28 heavy (non-hydrogen) atoms. The van der Waals surface area contributed by atoms with Gasteiger partial charge in [-0.2, -0.15) is 5.26 Å². The highest BCUT2D eigenvalue weighted by atomic mass is 35.5. The van der Waals surface area contributed by atoms with E-state index in [2.05, 4.69) is 21.6 Å². The molecule has 1 atom stereocenters. The lowest BCUT2D eigenvalue weighted by molar-refractivity contribution is -0.121. The number of carbonyl (C=O) groups excluding carboxylic acids is 1. The minimum absolute atomic E-state index is 0.136. The molecule has 1 aliphatic rings. The Morgan fingerprint density at radius 3 is 2.79 bits per heavy atom. The summed E-state index contributed by atoms with van der Waals surface area (Å²) in [6.07, 6.45) is 4.51. The third kappa shape index (κ3) is 4.50. The molecule has 1 heterocycles. The number of hydrogen-bond acceptors (Lipinski definition) is 5. The van der Waals surface area contributed by atoms with E-state index < -0.39 is 5.54 Å². The van der Waals surface area contributed by atoms with Gasteiger partial charge < -0.3 is 9.88 Å². The first kappa shape index (κ1) is 20.7. The van der Waals surface area contributed by atoms with Crippen molar-refractivity contribution < 1.29 is 4.79 Å². The van der Waals surface area contributed by atoms with Gasteiger partial charge in [-0.15, -0.1) is 10.2 Å². The van der Waals surface area contributed by atoms with E-state index in [9.17, 15) is 10.1 Å². The number of nitrogens with zero attached hydrogens (tertiary/aromatic N) is 4. The lowest BCUT2D eigenvalue weighted by Crippen LogP contribution is -2.51. The predicted octanol–water partition coefficient (Wildman–Crippen LogP) is 4.44. The van der Waals surface area contributed by atoms with Crippen molar-refractivity contribution >= 4 is 29.3 Å². The fourth-order valence-electron chi connectivity index (χ4n) is 3.47. The zero-order chi connectivity index (χ0) is 20.1. The number of halogens is 1. The SMILES string of the molecule is CCn1c(SC(C)C(=O)NC2(C#N)CCCCC2)nnc1-c1cccc(Cl)c1. The van der Waals surface area contributed by atoms with Crippen LogP contribution in [0.3, 0.4) is 0 Å².